The summed E-state index contributed by atoms with van der Waals surface area (Å²) in [6.07, 6.45) is 5.35. The molecule has 0 atom stereocenters. The van der Waals surface area contributed by atoms with E-state index in [0.717, 1.165) is 9.99 Å². The molecular weight excluding hydrogens is 350 g/mol. The average Bonchev–Trinajstić information content (AvgIpc) is 2.61. The Morgan fingerprint density at radius 2 is 1.88 bits per heavy atom. The highest BCUT2D eigenvalue weighted by atomic mass is 32.2. The van der Waals surface area contributed by atoms with Crippen LogP contribution in [0.15, 0.2) is 47.4 Å². The van der Waals surface area contributed by atoms with Crippen molar-refractivity contribution in [2.45, 2.75) is 11.8 Å². The molecule has 2 N–H and O–H groups in total. The number of sulfonamides is 1. The van der Waals surface area contributed by atoms with E-state index in [9.17, 15) is 13.2 Å². The number of carbonyl (C=O) groups excluding carboxylic acids is 1. The Balaban J connectivity index is 2.09. The monoisotopic (exact) mass is 371 g/mol. The Morgan fingerprint density at radius 3 is 2.54 bits per heavy atom. The minimum absolute atomic E-state index is 0.0255. The summed E-state index contributed by atoms with van der Waals surface area (Å²) in [5.74, 6) is 2.23. The van der Waals surface area contributed by atoms with E-state index >= 15 is 0 Å². The van der Waals surface area contributed by atoms with E-state index in [2.05, 4.69) is 16.6 Å². The Bertz CT molecular complexity index is 960. The topological polar surface area (TPSA) is 78.5 Å². The van der Waals surface area contributed by atoms with Crippen molar-refractivity contribution >= 4 is 27.3 Å². The van der Waals surface area contributed by atoms with Gasteiger partial charge in [-0.2, -0.15) is 0 Å². The van der Waals surface area contributed by atoms with Gasteiger partial charge in [0.25, 0.3) is 0 Å². The molecular formula is C19H21N3O3S. The van der Waals surface area contributed by atoms with Crippen molar-refractivity contribution in [1.29, 1.82) is 0 Å². The van der Waals surface area contributed by atoms with Crippen LogP contribution in [0.3, 0.4) is 0 Å². The van der Waals surface area contributed by atoms with Crippen molar-refractivity contribution in [1.82, 2.24) is 4.31 Å². The molecule has 0 aliphatic carbocycles. The number of rotatable bonds is 6. The normalized spacial score (nSPS) is 11.0. The van der Waals surface area contributed by atoms with Gasteiger partial charge in [0.1, 0.15) is 0 Å². The van der Waals surface area contributed by atoms with Gasteiger partial charge in [0, 0.05) is 31.0 Å². The second-order valence-corrected chi connectivity index (χ2v) is 8.01. The number of hydrogen-bond acceptors (Lipinski definition) is 4. The first-order valence-corrected chi connectivity index (χ1v) is 9.31. The predicted octanol–water partition coefficient (Wildman–Crippen LogP) is 2.28. The molecule has 0 saturated carbocycles. The summed E-state index contributed by atoms with van der Waals surface area (Å²) in [5, 5.41) is 5.67. The molecule has 1 amide bonds. The molecule has 0 heterocycles. The summed E-state index contributed by atoms with van der Waals surface area (Å²) in [5.41, 5.74) is 2.48. The van der Waals surface area contributed by atoms with Crippen LogP contribution < -0.4 is 10.6 Å². The zero-order valence-corrected chi connectivity index (χ0v) is 15.7. The first-order chi connectivity index (χ1) is 12.2. The van der Waals surface area contributed by atoms with Crippen LogP contribution in [0.4, 0.5) is 11.4 Å². The molecule has 0 aliphatic rings. The van der Waals surface area contributed by atoms with Crippen LogP contribution in [0.1, 0.15) is 11.1 Å². The van der Waals surface area contributed by atoms with Gasteiger partial charge in [0.15, 0.2) is 0 Å². The molecule has 2 aromatic rings. The van der Waals surface area contributed by atoms with E-state index in [1.807, 2.05) is 6.07 Å². The lowest BCUT2D eigenvalue weighted by atomic mass is 10.2. The summed E-state index contributed by atoms with van der Waals surface area (Å²) in [7, 11) is -0.648. The van der Waals surface area contributed by atoms with E-state index in [-0.39, 0.29) is 17.3 Å². The number of hydrogen-bond donors (Lipinski definition) is 2. The van der Waals surface area contributed by atoms with E-state index in [1.54, 1.807) is 37.3 Å². The highest BCUT2D eigenvalue weighted by Gasteiger charge is 2.20. The minimum Gasteiger partial charge on any atom is -0.376 e. The number of anilines is 2. The largest absolute Gasteiger partial charge is 0.376 e. The maximum Gasteiger partial charge on any atom is 0.243 e. The highest BCUT2D eigenvalue weighted by molar-refractivity contribution is 7.89. The van der Waals surface area contributed by atoms with Gasteiger partial charge in [-0.1, -0.05) is 18.1 Å². The van der Waals surface area contributed by atoms with Crippen molar-refractivity contribution in [3.8, 4) is 12.3 Å². The first kappa shape index (κ1) is 19.5. The van der Waals surface area contributed by atoms with Crippen LogP contribution in [0.2, 0.25) is 0 Å². The zero-order chi connectivity index (χ0) is 19.3. The molecule has 136 valence electrons. The lowest BCUT2D eigenvalue weighted by molar-refractivity contribution is -0.114. The Kier molecular flexibility index (Phi) is 6.03. The Morgan fingerprint density at radius 1 is 1.15 bits per heavy atom. The third-order valence-corrected chi connectivity index (χ3v) is 5.67. The van der Waals surface area contributed by atoms with Gasteiger partial charge >= 0.3 is 0 Å². The molecule has 0 fully saturated rings. The number of nitrogens with zero attached hydrogens (tertiary/aromatic N) is 1. The van der Waals surface area contributed by atoms with Crippen LogP contribution in [0.25, 0.3) is 0 Å². The molecule has 0 radical (unpaired) electrons. The number of amides is 1. The number of carbonyl (C=O) groups is 1. The Hall–Kier alpha value is -2.82. The summed E-state index contributed by atoms with van der Waals surface area (Å²) in [6.45, 7) is 1.74. The third kappa shape index (κ3) is 4.63. The molecule has 0 saturated heterocycles. The molecule has 2 aromatic carbocycles. The van der Waals surface area contributed by atoms with Crippen LogP contribution in [-0.4, -0.2) is 39.3 Å². The standard InChI is InChI=1S/C19H21N3O3S/c1-5-15-7-6-8-16(11-15)20-13-19(23)21-17-10-9-14(2)18(12-17)26(24,25)22(3)4/h1,6-12,20H,13H2,2-4H3,(H,21,23). The second kappa shape index (κ2) is 8.04. The van der Waals surface area contributed by atoms with Crippen molar-refractivity contribution in [3.05, 3.63) is 53.6 Å². The molecule has 0 spiro atoms. The second-order valence-electron chi connectivity index (χ2n) is 5.89. The van der Waals surface area contributed by atoms with Crippen molar-refractivity contribution in [3.63, 3.8) is 0 Å². The fraction of sp³-hybridized carbons (Fsp3) is 0.211. The minimum atomic E-state index is -3.58. The van der Waals surface area contributed by atoms with Crippen molar-refractivity contribution in [2.24, 2.45) is 0 Å². The Labute approximate surface area is 154 Å². The van der Waals surface area contributed by atoms with Gasteiger partial charge in [0.05, 0.1) is 11.4 Å². The molecule has 7 heteroatoms. The van der Waals surface area contributed by atoms with Crippen molar-refractivity contribution in [2.75, 3.05) is 31.3 Å². The number of terminal acetylenes is 1. The summed E-state index contributed by atoms with van der Waals surface area (Å²) in [6, 6.07) is 12.0. The summed E-state index contributed by atoms with van der Waals surface area (Å²) in [4.78, 5) is 12.3. The molecule has 0 bridgehead atoms. The van der Waals surface area contributed by atoms with E-state index in [4.69, 9.17) is 6.42 Å². The number of aryl methyl sites for hydroxylation is 1. The molecule has 6 nitrogen and oxygen atoms in total. The van der Waals surface area contributed by atoms with Crippen LogP contribution in [0.5, 0.6) is 0 Å². The molecule has 0 aromatic heterocycles. The fourth-order valence-corrected chi connectivity index (χ4v) is 3.40. The van der Waals surface area contributed by atoms with Gasteiger partial charge in [-0.15, -0.1) is 6.42 Å². The van der Waals surface area contributed by atoms with E-state index < -0.39 is 10.0 Å². The average molecular weight is 371 g/mol. The third-order valence-electron chi connectivity index (χ3n) is 3.71. The van der Waals surface area contributed by atoms with E-state index in [0.29, 0.717) is 16.8 Å². The van der Waals surface area contributed by atoms with Gasteiger partial charge < -0.3 is 10.6 Å². The lowest BCUT2D eigenvalue weighted by Gasteiger charge is -2.15. The molecule has 0 aliphatic heterocycles. The molecule has 2 rings (SSSR count). The maximum atomic E-state index is 12.3. The fourth-order valence-electron chi connectivity index (χ4n) is 2.26. The zero-order valence-electron chi connectivity index (χ0n) is 14.9. The lowest BCUT2D eigenvalue weighted by Crippen LogP contribution is -2.24. The number of benzene rings is 2. The summed E-state index contributed by atoms with van der Waals surface area (Å²) < 4.78 is 25.8. The maximum absolute atomic E-state index is 12.3. The smallest absolute Gasteiger partial charge is 0.243 e. The first-order valence-electron chi connectivity index (χ1n) is 7.87. The van der Waals surface area contributed by atoms with Gasteiger partial charge in [-0.05, 0) is 42.8 Å². The van der Waals surface area contributed by atoms with Gasteiger partial charge in [-0.25, -0.2) is 12.7 Å². The number of nitrogens with one attached hydrogen (secondary N) is 2. The van der Waals surface area contributed by atoms with Crippen molar-refractivity contribution < 1.29 is 13.2 Å². The quantitative estimate of drug-likeness (QED) is 0.764. The molecule has 26 heavy (non-hydrogen) atoms. The summed E-state index contributed by atoms with van der Waals surface area (Å²) >= 11 is 0. The van der Waals surface area contributed by atoms with Gasteiger partial charge in [0.2, 0.25) is 15.9 Å². The van der Waals surface area contributed by atoms with Crippen LogP contribution in [-0.2, 0) is 14.8 Å². The van der Waals surface area contributed by atoms with Crippen LogP contribution >= 0.6 is 0 Å². The SMILES string of the molecule is C#Cc1cccc(NCC(=O)Nc2ccc(C)c(S(=O)(=O)N(C)C)c2)c1. The highest BCUT2D eigenvalue weighted by Crippen LogP contribution is 2.22. The predicted molar refractivity (Wildman–Crippen MR) is 104 cm³/mol. The van der Waals surface area contributed by atoms with Crippen LogP contribution in [0, 0.1) is 19.3 Å². The molecule has 0 unspecified atom stereocenters. The van der Waals surface area contributed by atoms with Gasteiger partial charge in [-0.3, -0.25) is 4.79 Å². The van der Waals surface area contributed by atoms with E-state index in [1.165, 1.54) is 20.2 Å².